The van der Waals surface area contributed by atoms with Crippen LogP contribution in [-0.2, 0) is 27.2 Å². The summed E-state index contributed by atoms with van der Waals surface area (Å²) in [6.07, 6.45) is 20.7. The largest absolute Gasteiger partial charge is 0.310 e. The number of likely N-dealkylation sites (tertiary alicyclic amines) is 2. The standard InChI is InChI=1S/C22H25N5O3.C18H16N6O.C4H2BrN3.C4H2N3.3C4H9.Sn/c1-22(2,3)30-21(29)27-10-5-8-19(27)20(28)26-11-9-15-14(6-4-7-18(15)26)16-13-24-25-17(16)12-23;19-9-15-14(10-21-22-15)12-3-1-4-16-13(12)6-8-24(16)18(25)17-5-2-7-23(17)11-20;5-3-2-7-8-4(3)1-6;5-3-4-1-2-6-7-4;3*1-3-4-2;/h4,6-7,13,19H,5,8-11H2,1-3H3,(H,24,25);1,3-4,10,17H,2,5-8H2,(H,21,22);2H,(H,7,8);2H,(H,6,7);3*1,3-4H2,2H3;/t19-;17-;;;;;;/m00....../s1. The van der Waals surface area contributed by atoms with Crippen LogP contribution < -0.4 is 13.4 Å². The van der Waals surface area contributed by atoms with E-state index < -0.39 is 36.1 Å². The topological polar surface area (TPSA) is 307 Å². The Morgan fingerprint density at radius 3 is 1.53 bits per heavy atom. The summed E-state index contributed by atoms with van der Waals surface area (Å²) in [7, 11) is 0. The number of H-pyrrole nitrogens is 4. The van der Waals surface area contributed by atoms with Gasteiger partial charge in [0.2, 0.25) is 11.8 Å². The van der Waals surface area contributed by atoms with Gasteiger partial charge in [0.1, 0.15) is 53.0 Å². The molecule has 0 unspecified atom stereocenters. The van der Waals surface area contributed by atoms with Crippen molar-refractivity contribution in [3.63, 3.8) is 0 Å². The number of halogens is 1. The van der Waals surface area contributed by atoms with Crippen LogP contribution in [0.5, 0.6) is 0 Å². The molecule has 0 bridgehead atoms. The molecule has 6 aromatic rings. The number of nitrogens with zero attached hydrogens (tertiary/aromatic N) is 13. The Morgan fingerprint density at radius 2 is 1.07 bits per heavy atom. The van der Waals surface area contributed by atoms with Gasteiger partial charge in [-0.3, -0.25) is 34.7 Å². The van der Waals surface area contributed by atoms with Gasteiger partial charge >= 0.3 is 134 Å². The second-order valence-corrected chi connectivity index (χ2v) is 36.0. The van der Waals surface area contributed by atoms with Gasteiger partial charge in [-0.1, -0.05) is 24.3 Å². The fraction of sp³-hybridized carbons (Fsp3) is 0.467. The fourth-order valence-electron chi connectivity index (χ4n) is 11.5. The molecule has 0 aliphatic carbocycles. The molecule has 83 heavy (non-hydrogen) atoms. The van der Waals surface area contributed by atoms with E-state index in [4.69, 9.17) is 10.00 Å². The number of amides is 3. The van der Waals surface area contributed by atoms with E-state index in [1.807, 2.05) is 69.4 Å². The van der Waals surface area contributed by atoms with E-state index in [9.17, 15) is 35.4 Å². The van der Waals surface area contributed by atoms with Crippen LogP contribution in [0.15, 0.2) is 65.7 Å². The summed E-state index contributed by atoms with van der Waals surface area (Å²) in [5.41, 5.74) is 8.56. The molecule has 2 atom stereocenters. The Balaban J connectivity index is 0.000000170. The van der Waals surface area contributed by atoms with Crippen molar-refractivity contribution in [1.29, 1.82) is 26.3 Å². The number of nitriles is 5. The number of ether oxygens (including phenoxy) is 1. The van der Waals surface area contributed by atoms with E-state index >= 15 is 0 Å². The minimum absolute atomic E-state index is 0.0114. The van der Waals surface area contributed by atoms with Crippen molar-refractivity contribution < 1.29 is 19.1 Å². The Hall–Kier alpha value is -7.98. The smallest absolute Gasteiger partial charge is 0.250 e. The van der Waals surface area contributed by atoms with Gasteiger partial charge in [0.15, 0.2) is 6.19 Å². The number of nitrogens with one attached hydrogen (secondary N) is 4. The number of aromatic amines is 4. The average Bonchev–Trinajstić information content (AvgIpc) is 3.80. The Kier molecular flexibility index (Phi) is 22.1. The number of aromatic nitrogens is 8. The molecule has 4 N–H and O–H groups in total. The second-order valence-electron chi connectivity index (χ2n) is 22.0. The number of hydrogen-bond donors (Lipinski definition) is 4. The number of hydrogen-bond acceptors (Lipinski definition) is 14. The predicted molar refractivity (Wildman–Crippen MR) is 320 cm³/mol. The molecule has 10 rings (SSSR count). The van der Waals surface area contributed by atoms with Gasteiger partial charge in [-0.2, -0.15) is 36.3 Å². The first kappa shape index (κ1) is 62.6. The van der Waals surface area contributed by atoms with Gasteiger partial charge in [-0.15, -0.1) is 0 Å². The zero-order valence-electron chi connectivity index (χ0n) is 48.2. The van der Waals surface area contributed by atoms with Crippen LogP contribution in [0.1, 0.15) is 140 Å². The summed E-state index contributed by atoms with van der Waals surface area (Å²) < 4.78 is 11.7. The molecule has 0 spiro atoms. The molecule has 4 aliphatic heterocycles. The molecule has 2 saturated heterocycles. The molecule has 432 valence electrons. The maximum Gasteiger partial charge on any atom is 0.250 e. The zero-order chi connectivity index (χ0) is 59.7. The van der Waals surface area contributed by atoms with Crippen molar-refractivity contribution in [2.24, 2.45) is 0 Å². The van der Waals surface area contributed by atoms with E-state index in [0.717, 1.165) is 76.1 Å². The molecule has 3 amide bonds. The first-order valence-electron chi connectivity index (χ1n) is 28.6. The molecule has 4 aromatic heterocycles. The molecule has 2 fully saturated rings. The maximum absolute atomic E-state index is 13.4. The van der Waals surface area contributed by atoms with Gasteiger partial charge in [0.05, 0.1) is 23.1 Å². The Labute approximate surface area is 498 Å². The third-order valence-corrected chi connectivity index (χ3v) is 31.7. The van der Waals surface area contributed by atoms with Gasteiger partial charge in [-0.25, -0.2) is 4.79 Å². The van der Waals surface area contributed by atoms with Crippen LogP contribution in [0.2, 0.25) is 13.3 Å². The number of carbonyl (C=O) groups is 3. The van der Waals surface area contributed by atoms with Crippen molar-refractivity contribution >= 4 is 67.2 Å². The second kappa shape index (κ2) is 29.3. The first-order chi connectivity index (χ1) is 40.1. The summed E-state index contributed by atoms with van der Waals surface area (Å²) in [5.74, 6) is -0.0930. The molecule has 2 aromatic carbocycles. The van der Waals surface area contributed by atoms with E-state index in [-0.39, 0.29) is 17.9 Å². The van der Waals surface area contributed by atoms with E-state index in [2.05, 4.69) is 102 Å². The number of unbranched alkanes of at least 4 members (excludes halogenated alkanes) is 3. The average molecular weight is 1290 g/mol. The molecular formula is C60H72BrN17O4Sn. The summed E-state index contributed by atoms with van der Waals surface area (Å²) in [4.78, 5) is 45.7. The van der Waals surface area contributed by atoms with E-state index in [0.29, 0.717) is 60.6 Å². The molecule has 4 aliphatic rings. The zero-order valence-corrected chi connectivity index (χ0v) is 52.6. The molecular weight excluding hydrogens is 1220 g/mol. The molecule has 23 heteroatoms. The van der Waals surface area contributed by atoms with Crippen molar-refractivity contribution in [2.75, 3.05) is 36.0 Å². The monoisotopic (exact) mass is 1290 g/mol. The fourth-order valence-corrected chi connectivity index (χ4v) is 27.8. The normalized spacial score (nSPS) is 15.8. The third-order valence-electron chi connectivity index (χ3n) is 15.6. The van der Waals surface area contributed by atoms with Crippen LogP contribution in [0.3, 0.4) is 0 Å². The Morgan fingerprint density at radius 1 is 0.614 bits per heavy atom. The summed E-state index contributed by atoms with van der Waals surface area (Å²) in [6, 6.07) is 19.1. The summed E-state index contributed by atoms with van der Waals surface area (Å²) in [5, 5.41) is 72.0. The SMILES string of the molecule is CC(C)(C)OC(=O)N1CCC[C@H]1C(=O)N1CCc2c(-c3cn[nH]c3C#N)cccc21.CCC[CH2][Sn]([CH2]CCC)([CH2]CCC)[c]1cn[nH]c1C#N.N#Cc1[nH]ncc1-c1cccc2c1CCN2C(=O)[C@@H]1CCCN1C#N.N#Cc1[nH]ncc1Br. The van der Waals surface area contributed by atoms with Crippen LogP contribution in [0.25, 0.3) is 22.3 Å². The summed E-state index contributed by atoms with van der Waals surface area (Å²) in [6.45, 7) is 14.6. The molecule has 21 nitrogen and oxygen atoms in total. The number of carbonyl (C=O) groups excluding carboxylic acids is 3. The van der Waals surface area contributed by atoms with E-state index in [1.54, 1.807) is 38.2 Å². The van der Waals surface area contributed by atoms with Gasteiger partial charge in [-0.05, 0) is 110 Å². The van der Waals surface area contributed by atoms with Crippen molar-refractivity contribution in [2.45, 2.75) is 150 Å². The number of rotatable bonds is 14. The van der Waals surface area contributed by atoms with Gasteiger partial charge in [0, 0.05) is 48.7 Å². The summed E-state index contributed by atoms with van der Waals surface area (Å²) >= 11 is 0.667. The van der Waals surface area contributed by atoms with Crippen molar-refractivity contribution in [1.82, 2.24) is 50.6 Å². The minimum Gasteiger partial charge on any atom is -0.310 e. The predicted octanol–water partition coefficient (Wildman–Crippen LogP) is 10.4. The van der Waals surface area contributed by atoms with Crippen molar-refractivity contribution in [3.8, 4) is 52.7 Å². The molecule has 0 saturated carbocycles. The van der Waals surface area contributed by atoms with Crippen LogP contribution in [-0.4, -0.2) is 131 Å². The van der Waals surface area contributed by atoms with Gasteiger partial charge in [0.25, 0.3) is 0 Å². The Bertz CT molecular complexity index is 3410. The van der Waals surface area contributed by atoms with Crippen LogP contribution in [0.4, 0.5) is 16.2 Å². The number of fused-ring (bicyclic) bond motifs is 2. The van der Waals surface area contributed by atoms with Crippen LogP contribution in [0, 0.1) is 56.8 Å². The molecule has 0 radical (unpaired) electrons. The van der Waals surface area contributed by atoms with Crippen molar-refractivity contribution in [3.05, 3.63) is 99.6 Å². The van der Waals surface area contributed by atoms with Gasteiger partial charge < -0.3 is 14.5 Å². The molecule has 8 heterocycles. The van der Waals surface area contributed by atoms with E-state index in [1.165, 1.54) is 55.4 Å². The maximum atomic E-state index is 13.4. The first-order valence-corrected chi connectivity index (χ1v) is 36.8. The van der Waals surface area contributed by atoms with Crippen LogP contribution >= 0.6 is 15.9 Å². The third kappa shape index (κ3) is 14.6. The number of benzene rings is 2. The number of anilines is 2. The minimum atomic E-state index is -2.44. The quantitative estimate of drug-likeness (QED) is 0.0582.